The van der Waals surface area contributed by atoms with Gasteiger partial charge in [0.05, 0.1) is 5.56 Å². The van der Waals surface area contributed by atoms with Gasteiger partial charge in [0, 0.05) is 10.0 Å². The summed E-state index contributed by atoms with van der Waals surface area (Å²) in [6.07, 6.45) is -4.05. The molecule has 1 nitrogen and oxygen atoms in total. The number of rotatable bonds is 1. The fourth-order valence-corrected chi connectivity index (χ4v) is 1.64. The molecule has 0 aliphatic rings. The van der Waals surface area contributed by atoms with Gasteiger partial charge in [0.1, 0.15) is 0 Å². The van der Waals surface area contributed by atoms with Crippen LogP contribution in [0, 0.1) is 6.92 Å². The van der Waals surface area contributed by atoms with Crippen molar-refractivity contribution in [2.45, 2.75) is 13.1 Å². The number of alkyl halides is 3. The molecule has 14 heavy (non-hydrogen) atoms. The minimum Gasteiger partial charge on any atom is -0.298 e. The molecule has 0 N–H and O–H groups in total. The largest absolute Gasteiger partial charge is 0.417 e. The Morgan fingerprint density at radius 1 is 1.36 bits per heavy atom. The van der Waals surface area contributed by atoms with Crippen molar-refractivity contribution in [3.8, 4) is 0 Å². The van der Waals surface area contributed by atoms with E-state index in [-0.39, 0.29) is 10.0 Å². The molecule has 0 spiro atoms. The minimum absolute atomic E-state index is 0.0114. The number of hydrogen-bond donors (Lipinski definition) is 0. The van der Waals surface area contributed by atoms with E-state index in [1.54, 1.807) is 0 Å². The first-order valence-corrected chi connectivity index (χ1v) is 4.48. The van der Waals surface area contributed by atoms with Crippen LogP contribution in [0.25, 0.3) is 0 Å². The fourth-order valence-electron chi connectivity index (χ4n) is 1.09. The second-order valence-electron chi connectivity index (χ2n) is 2.83. The lowest BCUT2D eigenvalue weighted by molar-refractivity contribution is -0.138. The average molecular weight is 267 g/mol. The molecule has 0 radical (unpaired) electrons. The molecule has 0 atom stereocenters. The molecule has 1 rings (SSSR count). The molecule has 0 saturated heterocycles. The van der Waals surface area contributed by atoms with Crippen molar-refractivity contribution in [1.29, 1.82) is 0 Å². The summed E-state index contributed by atoms with van der Waals surface area (Å²) in [5.41, 5.74) is -0.403. The molecule has 5 heteroatoms. The molecule has 0 bridgehead atoms. The average Bonchev–Trinajstić information content (AvgIpc) is 2.06. The molecule has 0 fully saturated rings. The Hall–Kier alpha value is -0.840. The van der Waals surface area contributed by atoms with Gasteiger partial charge in [-0.3, -0.25) is 4.79 Å². The van der Waals surface area contributed by atoms with E-state index in [9.17, 15) is 18.0 Å². The molecular formula is C9H6BrF3O. The van der Waals surface area contributed by atoms with E-state index in [0.29, 0.717) is 11.8 Å². The summed E-state index contributed by atoms with van der Waals surface area (Å²) in [7, 11) is 0. The van der Waals surface area contributed by atoms with Crippen LogP contribution < -0.4 is 0 Å². The van der Waals surface area contributed by atoms with E-state index < -0.39 is 11.7 Å². The van der Waals surface area contributed by atoms with Crippen molar-refractivity contribution < 1.29 is 18.0 Å². The third-order valence-electron chi connectivity index (χ3n) is 1.68. The van der Waals surface area contributed by atoms with Crippen LogP contribution in [0.5, 0.6) is 0 Å². The summed E-state index contributed by atoms with van der Waals surface area (Å²) in [4.78, 5) is 10.5. The molecule has 0 heterocycles. The number of aldehydes is 1. The van der Waals surface area contributed by atoms with Crippen LogP contribution in [-0.4, -0.2) is 6.29 Å². The second kappa shape index (κ2) is 3.73. The van der Waals surface area contributed by atoms with Crippen molar-refractivity contribution in [2.75, 3.05) is 0 Å². The zero-order chi connectivity index (χ0) is 10.9. The van der Waals surface area contributed by atoms with Gasteiger partial charge in [-0.2, -0.15) is 13.2 Å². The number of halogens is 4. The highest BCUT2D eigenvalue weighted by molar-refractivity contribution is 9.10. The van der Waals surface area contributed by atoms with Gasteiger partial charge in [-0.15, -0.1) is 0 Å². The van der Waals surface area contributed by atoms with Crippen molar-refractivity contribution in [2.24, 2.45) is 0 Å². The van der Waals surface area contributed by atoms with Gasteiger partial charge in [0.25, 0.3) is 0 Å². The Morgan fingerprint density at radius 2 is 1.93 bits per heavy atom. The summed E-state index contributed by atoms with van der Waals surface area (Å²) in [6.45, 7) is 1.51. The van der Waals surface area contributed by atoms with Crippen molar-refractivity contribution in [1.82, 2.24) is 0 Å². The molecular weight excluding hydrogens is 261 g/mol. The third kappa shape index (κ3) is 2.15. The van der Waals surface area contributed by atoms with Crippen LogP contribution in [0.1, 0.15) is 21.5 Å². The molecule has 1 aromatic rings. The van der Waals surface area contributed by atoms with Crippen molar-refractivity contribution >= 4 is 22.2 Å². The smallest absolute Gasteiger partial charge is 0.298 e. The second-order valence-corrected chi connectivity index (χ2v) is 3.62. The van der Waals surface area contributed by atoms with Crippen LogP contribution >= 0.6 is 15.9 Å². The maximum absolute atomic E-state index is 12.4. The van der Waals surface area contributed by atoms with Gasteiger partial charge >= 0.3 is 6.18 Å². The molecule has 76 valence electrons. The van der Waals surface area contributed by atoms with E-state index in [1.165, 1.54) is 13.0 Å². The number of benzene rings is 1. The lowest BCUT2D eigenvalue weighted by atomic mass is 10.1. The van der Waals surface area contributed by atoms with E-state index in [0.717, 1.165) is 6.07 Å². The number of hydrogen-bond acceptors (Lipinski definition) is 1. The molecule has 0 saturated carbocycles. The molecule has 0 unspecified atom stereocenters. The summed E-state index contributed by atoms with van der Waals surface area (Å²) >= 11 is 2.76. The van der Waals surface area contributed by atoms with Gasteiger partial charge in [-0.1, -0.05) is 0 Å². The third-order valence-corrected chi connectivity index (χ3v) is 2.56. The summed E-state index contributed by atoms with van der Waals surface area (Å²) in [5, 5.41) is 0. The lowest BCUT2D eigenvalue weighted by Gasteiger charge is -2.11. The monoisotopic (exact) mass is 266 g/mol. The highest BCUT2D eigenvalue weighted by atomic mass is 79.9. The quantitative estimate of drug-likeness (QED) is 0.710. The fraction of sp³-hybridized carbons (Fsp3) is 0.222. The van der Waals surface area contributed by atoms with Gasteiger partial charge in [0.15, 0.2) is 6.29 Å². The Kier molecular flexibility index (Phi) is 2.99. The molecule has 0 aliphatic carbocycles. The normalized spacial score (nSPS) is 11.5. The standard InChI is InChI=1S/C9H6BrF3O/c1-5-2-6(4-14)8(10)7(3-5)9(11,12)13/h2-4H,1H3. The van der Waals surface area contributed by atoms with Crippen LogP contribution in [-0.2, 0) is 6.18 Å². The van der Waals surface area contributed by atoms with Gasteiger partial charge in [0.2, 0.25) is 0 Å². The summed E-state index contributed by atoms with van der Waals surface area (Å²) in [5.74, 6) is 0. The van der Waals surface area contributed by atoms with E-state index >= 15 is 0 Å². The Balaban J connectivity index is 3.44. The summed E-state index contributed by atoms with van der Waals surface area (Å²) in [6, 6.07) is 2.39. The number of carbonyl (C=O) groups is 1. The zero-order valence-corrected chi connectivity index (χ0v) is 8.74. The van der Waals surface area contributed by atoms with Gasteiger partial charge < -0.3 is 0 Å². The Labute approximate surface area is 87.1 Å². The predicted molar refractivity (Wildman–Crippen MR) is 49.3 cm³/mol. The minimum atomic E-state index is -4.44. The zero-order valence-electron chi connectivity index (χ0n) is 7.15. The maximum atomic E-state index is 12.4. The molecule has 0 amide bonds. The van der Waals surface area contributed by atoms with Crippen LogP contribution in [0.3, 0.4) is 0 Å². The SMILES string of the molecule is Cc1cc(C=O)c(Br)c(C(F)(F)F)c1. The topological polar surface area (TPSA) is 17.1 Å². The van der Waals surface area contributed by atoms with Crippen molar-refractivity contribution in [3.63, 3.8) is 0 Å². The first-order valence-electron chi connectivity index (χ1n) is 3.69. The Bertz CT molecular complexity index is 371. The molecule has 1 aromatic carbocycles. The highest BCUT2D eigenvalue weighted by Crippen LogP contribution is 2.36. The lowest BCUT2D eigenvalue weighted by Crippen LogP contribution is -2.08. The number of aryl methyl sites for hydroxylation is 1. The maximum Gasteiger partial charge on any atom is 0.417 e. The van der Waals surface area contributed by atoms with E-state index in [1.807, 2.05) is 0 Å². The van der Waals surface area contributed by atoms with E-state index in [2.05, 4.69) is 15.9 Å². The first-order chi connectivity index (χ1) is 6.36. The van der Waals surface area contributed by atoms with E-state index in [4.69, 9.17) is 0 Å². The predicted octanol–water partition coefficient (Wildman–Crippen LogP) is 3.59. The highest BCUT2D eigenvalue weighted by Gasteiger charge is 2.33. The molecule has 0 aliphatic heterocycles. The first kappa shape index (κ1) is 11.2. The van der Waals surface area contributed by atoms with Gasteiger partial charge in [-0.25, -0.2) is 0 Å². The van der Waals surface area contributed by atoms with Crippen LogP contribution in [0.15, 0.2) is 16.6 Å². The number of carbonyl (C=O) groups excluding carboxylic acids is 1. The van der Waals surface area contributed by atoms with Crippen LogP contribution in [0.4, 0.5) is 13.2 Å². The van der Waals surface area contributed by atoms with Crippen molar-refractivity contribution in [3.05, 3.63) is 33.3 Å². The Morgan fingerprint density at radius 3 is 2.36 bits per heavy atom. The molecule has 0 aromatic heterocycles. The van der Waals surface area contributed by atoms with Crippen LogP contribution in [0.2, 0.25) is 0 Å². The van der Waals surface area contributed by atoms with Gasteiger partial charge in [-0.05, 0) is 40.5 Å². The summed E-state index contributed by atoms with van der Waals surface area (Å²) < 4.78 is 37.0.